The number of rotatable bonds is 6. The van der Waals surface area contributed by atoms with E-state index in [4.69, 9.17) is 0 Å². The van der Waals surface area contributed by atoms with Crippen LogP contribution in [-0.4, -0.2) is 20.7 Å². The van der Waals surface area contributed by atoms with Crippen LogP contribution in [-0.2, 0) is 10.0 Å². The quantitative estimate of drug-likeness (QED) is 0.829. The molecule has 0 aromatic heterocycles. The highest BCUT2D eigenvalue weighted by Crippen LogP contribution is 2.17. The third-order valence-electron chi connectivity index (χ3n) is 2.65. The van der Waals surface area contributed by atoms with Gasteiger partial charge in [-0.25, -0.2) is 13.1 Å². The van der Waals surface area contributed by atoms with Gasteiger partial charge in [-0.05, 0) is 24.8 Å². The molecule has 1 aromatic rings. The van der Waals surface area contributed by atoms with Crippen molar-refractivity contribution >= 4 is 10.0 Å². The molecule has 0 radical (unpaired) electrons. The highest BCUT2D eigenvalue weighted by molar-refractivity contribution is 7.89. The molecule has 4 heteroatoms. The molecular weight excluding hydrogens is 222 g/mol. The molecule has 1 unspecified atom stereocenters. The first-order valence-corrected chi connectivity index (χ1v) is 7.22. The van der Waals surface area contributed by atoms with Crippen LogP contribution in [0.2, 0.25) is 0 Å². The molecule has 1 rings (SSSR count). The highest BCUT2D eigenvalue weighted by Gasteiger charge is 2.08. The Hall–Kier alpha value is -0.870. The zero-order valence-electron chi connectivity index (χ0n) is 9.81. The van der Waals surface area contributed by atoms with Crippen LogP contribution in [0.15, 0.2) is 30.3 Å². The van der Waals surface area contributed by atoms with Gasteiger partial charge in [0.15, 0.2) is 0 Å². The van der Waals surface area contributed by atoms with Crippen molar-refractivity contribution in [2.24, 2.45) is 0 Å². The Morgan fingerprint density at radius 2 is 1.88 bits per heavy atom. The first-order valence-electron chi connectivity index (χ1n) is 5.57. The van der Waals surface area contributed by atoms with Crippen molar-refractivity contribution in [3.8, 4) is 0 Å². The average molecular weight is 241 g/mol. The molecule has 0 bridgehead atoms. The Labute approximate surface area is 97.9 Å². The highest BCUT2D eigenvalue weighted by atomic mass is 32.2. The van der Waals surface area contributed by atoms with Crippen LogP contribution >= 0.6 is 0 Å². The fourth-order valence-corrected chi connectivity index (χ4v) is 2.11. The number of benzene rings is 1. The van der Waals surface area contributed by atoms with Gasteiger partial charge in [-0.2, -0.15) is 0 Å². The van der Waals surface area contributed by atoms with Crippen LogP contribution in [0, 0.1) is 0 Å². The zero-order chi connectivity index (χ0) is 12.0. The fourth-order valence-electron chi connectivity index (χ4n) is 1.48. The summed E-state index contributed by atoms with van der Waals surface area (Å²) in [4.78, 5) is 0. The Bertz CT molecular complexity index is 400. The predicted molar refractivity (Wildman–Crippen MR) is 66.9 cm³/mol. The molecule has 0 spiro atoms. The maximum atomic E-state index is 11.2. The summed E-state index contributed by atoms with van der Waals surface area (Å²) in [5, 5.41) is 0. The van der Waals surface area contributed by atoms with Crippen LogP contribution < -0.4 is 4.72 Å². The van der Waals surface area contributed by atoms with Gasteiger partial charge in [0.25, 0.3) is 0 Å². The summed E-state index contributed by atoms with van der Waals surface area (Å²) in [7, 11) is -3.05. The predicted octanol–water partition coefficient (Wildman–Crippen LogP) is 2.12. The van der Waals surface area contributed by atoms with Crippen molar-refractivity contribution in [2.75, 3.05) is 12.3 Å². The number of hydrogen-bond acceptors (Lipinski definition) is 2. The SMILES string of the molecule is CCS(=O)(=O)NCCC(C)c1ccccc1. The van der Waals surface area contributed by atoms with Gasteiger partial charge in [-0.3, -0.25) is 0 Å². The van der Waals surface area contributed by atoms with Crippen molar-refractivity contribution < 1.29 is 8.42 Å². The topological polar surface area (TPSA) is 46.2 Å². The van der Waals surface area contributed by atoms with Crippen LogP contribution in [0.25, 0.3) is 0 Å². The van der Waals surface area contributed by atoms with Crippen LogP contribution in [0.3, 0.4) is 0 Å². The number of hydrogen-bond donors (Lipinski definition) is 1. The van der Waals surface area contributed by atoms with Crippen LogP contribution in [0.4, 0.5) is 0 Å². The second-order valence-corrected chi connectivity index (χ2v) is 5.99. The van der Waals surface area contributed by atoms with Crippen molar-refractivity contribution in [3.05, 3.63) is 35.9 Å². The smallest absolute Gasteiger partial charge is 0.211 e. The molecule has 0 saturated heterocycles. The molecule has 0 aliphatic rings. The molecule has 3 nitrogen and oxygen atoms in total. The first-order chi connectivity index (χ1) is 7.55. The lowest BCUT2D eigenvalue weighted by Gasteiger charge is -2.12. The zero-order valence-corrected chi connectivity index (χ0v) is 10.6. The molecule has 1 aromatic carbocycles. The summed E-state index contributed by atoms with van der Waals surface area (Å²) in [6, 6.07) is 10.1. The van der Waals surface area contributed by atoms with E-state index < -0.39 is 10.0 Å². The molecule has 0 saturated carbocycles. The van der Waals surface area contributed by atoms with E-state index in [2.05, 4.69) is 23.8 Å². The number of nitrogens with one attached hydrogen (secondary N) is 1. The molecule has 1 N–H and O–H groups in total. The molecule has 16 heavy (non-hydrogen) atoms. The van der Waals surface area contributed by atoms with Gasteiger partial charge in [-0.1, -0.05) is 37.3 Å². The second kappa shape index (κ2) is 6.01. The second-order valence-electron chi connectivity index (χ2n) is 3.90. The maximum Gasteiger partial charge on any atom is 0.211 e. The molecule has 1 atom stereocenters. The van der Waals surface area contributed by atoms with Gasteiger partial charge in [-0.15, -0.1) is 0 Å². The molecule has 0 aliphatic carbocycles. The minimum absolute atomic E-state index is 0.146. The van der Waals surface area contributed by atoms with E-state index in [0.29, 0.717) is 12.5 Å². The third kappa shape index (κ3) is 4.33. The number of sulfonamides is 1. The van der Waals surface area contributed by atoms with Gasteiger partial charge in [0, 0.05) is 6.54 Å². The molecule has 90 valence electrons. The van der Waals surface area contributed by atoms with Gasteiger partial charge in [0.1, 0.15) is 0 Å². The fraction of sp³-hybridized carbons (Fsp3) is 0.500. The Morgan fingerprint density at radius 1 is 1.25 bits per heavy atom. The van der Waals surface area contributed by atoms with Gasteiger partial charge in [0.2, 0.25) is 10.0 Å². The first kappa shape index (κ1) is 13.2. The normalized spacial score (nSPS) is 13.6. The lowest BCUT2D eigenvalue weighted by Crippen LogP contribution is -2.26. The van der Waals surface area contributed by atoms with Crippen molar-refractivity contribution in [1.29, 1.82) is 0 Å². The Morgan fingerprint density at radius 3 is 2.44 bits per heavy atom. The van der Waals surface area contributed by atoms with E-state index >= 15 is 0 Å². The molecule has 0 aliphatic heterocycles. The molecule has 0 fully saturated rings. The largest absolute Gasteiger partial charge is 0.215 e. The molecule has 0 heterocycles. The summed E-state index contributed by atoms with van der Waals surface area (Å²) >= 11 is 0. The molecule has 0 amide bonds. The lowest BCUT2D eigenvalue weighted by atomic mass is 9.98. The van der Waals surface area contributed by atoms with Crippen LogP contribution in [0.5, 0.6) is 0 Å². The van der Waals surface area contributed by atoms with E-state index in [-0.39, 0.29) is 5.75 Å². The van der Waals surface area contributed by atoms with Crippen molar-refractivity contribution in [2.45, 2.75) is 26.2 Å². The van der Waals surface area contributed by atoms with E-state index in [1.165, 1.54) is 5.56 Å². The minimum atomic E-state index is -3.05. The van der Waals surface area contributed by atoms with Gasteiger partial charge < -0.3 is 0 Å². The lowest BCUT2D eigenvalue weighted by molar-refractivity contribution is 0.574. The van der Waals surface area contributed by atoms with Crippen molar-refractivity contribution in [1.82, 2.24) is 4.72 Å². The van der Waals surface area contributed by atoms with E-state index in [1.54, 1.807) is 6.92 Å². The summed E-state index contributed by atoms with van der Waals surface area (Å²) in [5.74, 6) is 0.521. The molecular formula is C12H19NO2S. The van der Waals surface area contributed by atoms with E-state index in [9.17, 15) is 8.42 Å². The van der Waals surface area contributed by atoms with E-state index in [1.807, 2.05) is 18.2 Å². The van der Waals surface area contributed by atoms with Crippen molar-refractivity contribution in [3.63, 3.8) is 0 Å². The Kier molecular flexibility index (Phi) is 4.96. The van der Waals surface area contributed by atoms with Gasteiger partial charge in [0.05, 0.1) is 5.75 Å². The monoisotopic (exact) mass is 241 g/mol. The van der Waals surface area contributed by atoms with Gasteiger partial charge >= 0.3 is 0 Å². The summed E-state index contributed by atoms with van der Waals surface area (Å²) in [5.41, 5.74) is 1.25. The maximum absolute atomic E-state index is 11.2. The van der Waals surface area contributed by atoms with Crippen LogP contribution in [0.1, 0.15) is 31.7 Å². The summed E-state index contributed by atoms with van der Waals surface area (Å²) < 4.78 is 25.0. The standard InChI is InChI=1S/C12H19NO2S/c1-3-16(14,15)13-10-9-11(2)12-7-5-4-6-8-12/h4-8,11,13H,3,9-10H2,1-2H3. The third-order valence-corrected chi connectivity index (χ3v) is 4.05. The minimum Gasteiger partial charge on any atom is -0.215 e. The summed E-state index contributed by atoms with van der Waals surface area (Å²) in [6.07, 6.45) is 0.823. The Balaban J connectivity index is 2.40. The van der Waals surface area contributed by atoms with E-state index in [0.717, 1.165) is 6.42 Å². The average Bonchev–Trinajstić information content (AvgIpc) is 2.30. The summed E-state index contributed by atoms with van der Waals surface area (Å²) in [6.45, 7) is 4.25.